The van der Waals surface area contributed by atoms with Gasteiger partial charge in [0.25, 0.3) is 0 Å². The summed E-state index contributed by atoms with van der Waals surface area (Å²) < 4.78 is 38.2. The lowest BCUT2D eigenvalue weighted by molar-refractivity contribution is 0.132. The monoisotopic (exact) mass is 341 g/mol. The minimum Gasteiger partial charge on any atom is -0.490 e. The van der Waals surface area contributed by atoms with Crippen LogP contribution in [0.1, 0.15) is 46.6 Å². The normalized spacial score (nSPS) is 16.7. The summed E-state index contributed by atoms with van der Waals surface area (Å²) in [6, 6.07) is 5.84. The SMILES string of the molecule is CC(C)(C)NS(=O)(=O)CCCOc1cccc2c1OC(C)(C)C2. The molecule has 0 amide bonds. The van der Waals surface area contributed by atoms with E-state index in [-0.39, 0.29) is 11.4 Å². The van der Waals surface area contributed by atoms with Crippen LogP contribution in [0.2, 0.25) is 0 Å². The molecule has 0 unspecified atom stereocenters. The van der Waals surface area contributed by atoms with Gasteiger partial charge < -0.3 is 9.47 Å². The average molecular weight is 341 g/mol. The number of benzene rings is 1. The van der Waals surface area contributed by atoms with E-state index < -0.39 is 15.6 Å². The van der Waals surface area contributed by atoms with Gasteiger partial charge in [0.05, 0.1) is 12.4 Å². The van der Waals surface area contributed by atoms with Crippen LogP contribution < -0.4 is 14.2 Å². The van der Waals surface area contributed by atoms with Gasteiger partial charge in [-0.15, -0.1) is 0 Å². The molecule has 5 nitrogen and oxygen atoms in total. The van der Waals surface area contributed by atoms with Crippen molar-refractivity contribution in [3.63, 3.8) is 0 Å². The van der Waals surface area contributed by atoms with E-state index in [4.69, 9.17) is 9.47 Å². The molecule has 0 bridgehead atoms. The molecule has 0 saturated carbocycles. The molecule has 1 aliphatic rings. The maximum absolute atomic E-state index is 11.9. The Kier molecular flexibility index (Phi) is 4.97. The standard InChI is InChI=1S/C17H27NO4S/c1-16(2,3)18-23(19,20)11-7-10-21-14-9-6-8-13-12-17(4,5)22-15(13)14/h6,8-9,18H,7,10-12H2,1-5H3. The van der Waals surface area contributed by atoms with E-state index in [0.29, 0.717) is 18.8 Å². The highest BCUT2D eigenvalue weighted by Crippen LogP contribution is 2.41. The summed E-state index contributed by atoms with van der Waals surface area (Å²) in [5.41, 5.74) is 0.454. The molecule has 1 heterocycles. The van der Waals surface area contributed by atoms with Gasteiger partial charge in [-0.1, -0.05) is 12.1 Å². The first-order valence-electron chi connectivity index (χ1n) is 7.93. The number of para-hydroxylation sites is 1. The lowest BCUT2D eigenvalue weighted by Crippen LogP contribution is -2.41. The van der Waals surface area contributed by atoms with E-state index in [1.165, 1.54) is 0 Å². The first kappa shape index (κ1) is 18.1. The molecule has 1 N–H and O–H groups in total. The van der Waals surface area contributed by atoms with Crippen molar-refractivity contribution in [1.82, 2.24) is 4.72 Å². The maximum atomic E-state index is 11.9. The number of fused-ring (bicyclic) bond motifs is 1. The Balaban J connectivity index is 1.88. The van der Waals surface area contributed by atoms with Crippen LogP contribution in [0, 0.1) is 0 Å². The second-order valence-corrected chi connectivity index (χ2v) is 9.50. The van der Waals surface area contributed by atoms with E-state index in [1.54, 1.807) is 0 Å². The van der Waals surface area contributed by atoms with Gasteiger partial charge >= 0.3 is 0 Å². The smallest absolute Gasteiger partial charge is 0.212 e. The van der Waals surface area contributed by atoms with Crippen molar-refractivity contribution < 1.29 is 17.9 Å². The zero-order valence-electron chi connectivity index (χ0n) is 14.6. The molecule has 1 aromatic carbocycles. The maximum Gasteiger partial charge on any atom is 0.212 e. The van der Waals surface area contributed by atoms with Gasteiger partial charge in [-0.05, 0) is 47.1 Å². The van der Waals surface area contributed by atoms with Crippen LogP contribution >= 0.6 is 0 Å². The highest BCUT2D eigenvalue weighted by Gasteiger charge is 2.32. The van der Waals surface area contributed by atoms with E-state index in [9.17, 15) is 8.42 Å². The minimum absolute atomic E-state index is 0.0473. The number of ether oxygens (including phenoxy) is 2. The first-order chi connectivity index (χ1) is 10.5. The molecule has 0 aliphatic carbocycles. The molecule has 0 saturated heterocycles. The van der Waals surface area contributed by atoms with Crippen molar-refractivity contribution in [2.45, 2.75) is 58.6 Å². The van der Waals surface area contributed by atoms with Crippen LogP contribution in [0.4, 0.5) is 0 Å². The topological polar surface area (TPSA) is 64.6 Å². The quantitative estimate of drug-likeness (QED) is 0.808. The molecular formula is C17H27NO4S. The Labute approximate surface area is 139 Å². The van der Waals surface area contributed by atoms with Gasteiger partial charge in [0.15, 0.2) is 11.5 Å². The highest BCUT2D eigenvalue weighted by molar-refractivity contribution is 7.89. The summed E-state index contributed by atoms with van der Waals surface area (Å²) in [5.74, 6) is 1.52. The average Bonchev–Trinajstić information content (AvgIpc) is 2.66. The predicted molar refractivity (Wildman–Crippen MR) is 91.6 cm³/mol. The van der Waals surface area contributed by atoms with Crippen molar-refractivity contribution in [2.24, 2.45) is 0 Å². The zero-order chi connectivity index (χ0) is 17.3. The number of nitrogens with one attached hydrogen (secondary N) is 1. The van der Waals surface area contributed by atoms with E-state index in [0.717, 1.165) is 17.7 Å². The molecule has 23 heavy (non-hydrogen) atoms. The molecule has 0 radical (unpaired) electrons. The van der Waals surface area contributed by atoms with Crippen molar-refractivity contribution in [3.8, 4) is 11.5 Å². The molecule has 0 fully saturated rings. The molecule has 0 spiro atoms. The largest absolute Gasteiger partial charge is 0.490 e. The van der Waals surface area contributed by atoms with Crippen molar-refractivity contribution in [2.75, 3.05) is 12.4 Å². The molecule has 1 aromatic rings. The molecular weight excluding hydrogens is 314 g/mol. The van der Waals surface area contributed by atoms with Crippen LogP contribution in [0.15, 0.2) is 18.2 Å². The molecule has 2 rings (SSSR count). The summed E-state index contributed by atoms with van der Waals surface area (Å²) in [5, 5.41) is 0. The van der Waals surface area contributed by atoms with Crippen LogP contribution in [0.5, 0.6) is 11.5 Å². The summed E-state index contributed by atoms with van der Waals surface area (Å²) in [7, 11) is -3.29. The Morgan fingerprint density at radius 2 is 2.00 bits per heavy atom. The first-order valence-corrected chi connectivity index (χ1v) is 9.58. The number of sulfonamides is 1. The van der Waals surface area contributed by atoms with E-state index >= 15 is 0 Å². The van der Waals surface area contributed by atoms with Crippen LogP contribution in [-0.4, -0.2) is 31.9 Å². The molecule has 0 aromatic heterocycles. The molecule has 0 atom stereocenters. The third kappa shape index (κ3) is 5.39. The van der Waals surface area contributed by atoms with Gasteiger partial charge in [0, 0.05) is 17.5 Å². The van der Waals surface area contributed by atoms with Crippen molar-refractivity contribution >= 4 is 10.0 Å². The van der Waals surface area contributed by atoms with Gasteiger partial charge in [-0.2, -0.15) is 0 Å². The Morgan fingerprint density at radius 3 is 2.65 bits per heavy atom. The van der Waals surface area contributed by atoms with Crippen molar-refractivity contribution in [3.05, 3.63) is 23.8 Å². The summed E-state index contributed by atoms with van der Waals surface area (Å²) >= 11 is 0. The molecule has 6 heteroatoms. The number of hydrogen-bond acceptors (Lipinski definition) is 4. The predicted octanol–water partition coefficient (Wildman–Crippen LogP) is 2.89. The minimum atomic E-state index is -3.29. The highest BCUT2D eigenvalue weighted by atomic mass is 32.2. The second-order valence-electron chi connectivity index (χ2n) is 7.66. The lowest BCUT2D eigenvalue weighted by atomic mass is 10.0. The third-order valence-electron chi connectivity index (χ3n) is 3.33. The molecule has 130 valence electrons. The number of hydrogen-bond donors (Lipinski definition) is 1. The summed E-state index contributed by atoms with van der Waals surface area (Å²) in [4.78, 5) is 0. The van der Waals surface area contributed by atoms with Gasteiger partial charge in [0.1, 0.15) is 5.60 Å². The summed E-state index contributed by atoms with van der Waals surface area (Å²) in [6.45, 7) is 9.91. The van der Waals surface area contributed by atoms with Gasteiger partial charge in [-0.25, -0.2) is 13.1 Å². The number of rotatable bonds is 6. The van der Waals surface area contributed by atoms with Gasteiger partial charge in [0.2, 0.25) is 10.0 Å². The summed E-state index contributed by atoms with van der Waals surface area (Å²) in [6.07, 6.45) is 1.28. The third-order valence-corrected chi connectivity index (χ3v) is 5.08. The van der Waals surface area contributed by atoms with Gasteiger partial charge in [-0.3, -0.25) is 0 Å². The van der Waals surface area contributed by atoms with Crippen LogP contribution in [-0.2, 0) is 16.4 Å². The van der Waals surface area contributed by atoms with Crippen molar-refractivity contribution in [1.29, 1.82) is 0 Å². The van der Waals surface area contributed by atoms with Crippen LogP contribution in [0.25, 0.3) is 0 Å². The fourth-order valence-electron chi connectivity index (χ4n) is 2.65. The van der Waals surface area contributed by atoms with Crippen LogP contribution in [0.3, 0.4) is 0 Å². The fraction of sp³-hybridized carbons (Fsp3) is 0.647. The second kappa shape index (κ2) is 6.32. The van der Waals surface area contributed by atoms with E-state index in [1.807, 2.05) is 52.8 Å². The fourth-order valence-corrected chi connectivity index (χ4v) is 4.18. The Morgan fingerprint density at radius 1 is 1.30 bits per heavy atom. The van der Waals surface area contributed by atoms with E-state index in [2.05, 4.69) is 4.72 Å². The zero-order valence-corrected chi connectivity index (χ0v) is 15.4. The Bertz CT molecular complexity index is 660. The Hall–Kier alpha value is -1.27. The lowest BCUT2D eigenvalue weighted by Gasteiger charge is -2.20. The molecule has 1 aliphatic heterocycles.